The second-order valence-electron chi connectivity index (χ2n) is 5.50. The number of hydrogen-bond donors (Lipinski definition) is 1. The molecule has 0 spiro atoms. The molecule has 2 nitrogen and oxygen atoms in total. The summed E-state index contributed by atoms with van der Waals surface area (Å²) >= 11 is 0. The standard InChI is InChI=1S/C18H31NO/c1-4-6-7-10-14-20-15-18(19-13-5-2)17-12-9-8-11-16(17)3/h8-9,11-12,18-19H,4-7,10,13-15H2,1-3H3. The van der Waals surface area contributed by atoms with Crippen molar-refractivity contribution in [3.8, 4) is 0 Å². The zero-order chi connectivity index (χ0) is 14.6. The van der Waals surface area contributed by atoms with Crippen molar-refractivity contribution in [1.29, 1.82) is 0 Å². The van der Waals surface area contributed by atoms with Crippen LogP contribution in [0, 0.1) is 6.92 Å². The highest BCUT2D eigenvalue weighted by Gasteiger charge is 2.12. The van der Waals surface area contributed by atoms with Gasteiger partial charge in [-0.1, -0.05) is 57.4 Å². The number of rotatable bonds is 11. The van der Waals surface area contributed by atoms with Crippen molar-refractivity contribution >= 4 is 0 Å². The maximum atomic E-state index is 5.89. The number of ether oxygens (including phenoxy) is 1. The van der Waals surface area contributed by atoms with Crippen LogP contribution in [0.3, 0.4) is 0 Å². The van der Waals surface area contributed by atoms with Gasteiger partial charge in [0.1, 0.15) is 0 Å². The molecule has 1 rings (SSSR count). The smallest absolute Gasteiger partial charge is 0.0661 e. The molecule has 1 N–H and O–H groups in total. The van der Waals surface area contributed by atoms with Crippen LogP contribution in [0.15, 0.2) is 24.3 Å². The third-order valence-corrected chi connectivity index (χ3v) is 3.63. The molecule has 1 aromatic carbocycles. The minimum atomic E-state index is 0.322. The number of unbranched alkanes of at least 4 members (excludes halogenated alkanes) is 3. The average molecular weight is 277 g/mol. The molecule has 0 aliphatic rings. The van der Waals surface area contributed by atoms with E-state index in [-0.39, 0.29) is 0 Å². The monoisotopic (exact) mass is 277 g/mol. The van der Waals surface area contributed by atoms with Crippen molar-refractivity contribution < 1.29 is 4.74 Å². The molecule has 1 aromatic rings. The van der Waals surface area contributed by atoms with Crippen molar-refractivity contribution in [2.45, 2.75) is 58.9 Å². The molecule has 0 radical (unpaired) electrons. The molecule has 0 heterocycles. The molecule has 20 heavy (non-hydrogen) atoms. The lowest BCUT2D eigenvalue weighted by Gasteiger charge is -2.21. The van der Waals surface area contributed by atoms with Gasteiger partial charge in [0.05, 0.1) is 12.6 Å². The molecule has 2 heteroatoms. The van der Waals surface area contributed by atoms with Crippen LogP contribution in [0.2, 0.25) is 0 Å². The first-order chi connectivity index (χ1) is 9.79. The lowest BCUT2D eigenvalue weighted by atomic mass is 10.0. The third kappa shape index (κ3) is 6.53. The van der Waals surface area contributed by atoms with Gasteiger partial charge in [-0.2, -0.15) is 0 Å². The molecule has 0 saturated carbocycles. The maximum Gasteiger partial charge on any atom is 0.0661 e. The maximum absolute atomic E-state index is 5.89. The molecule has 0 fully saturated rings. The second-order valence-corrected chi connectivity index (χ2v) is 5.50. The fourth-order valence-electron chi connectivity index (χ4n) is 2.39. The zero-order valence-electron chi connectivity index (χ0n) is 13.5. The highest BCUT2D eigenvalue weighted by atomic mass is 16.5. The van der Waals surface area contributed by atoms with Crippen molar-refractivity contribution in [2.75, 3.05) is 19.8 Å². The lowest BCUT2D eigenvalue weighted by molar-refractivity contribution is 0.107. The van der Waals surface area contributed by atoms with Gasteiger partial charge in [-0.05, 0) is 37.4 Å². The summed E-state index contributed by atoms with van der Waals surface area (Å²) < 4.78 is 5.89. The fraction of sp³-hybridized carbons (Fsp3) is 0.667. The Labute approximate surface area is 124 Å². The Morgan fingerprint density at radius 1 is 1.05 bits per heavy atom. The summed E-state index contributed by atoms with van der Waals surface area (Å²) in [6.45, 7) is 9.32. The Kier molecular flexibility index (Phi) is 9.35. The van der Waals surface area contributed by atoms with Gasteiger partial charge in [0, 0.05) is 6.61 Å². The van der Waals surface area contributed by atoms with Gasteiger partial charge < -0.3 is 10.1 Å². The summed E-state index contributed by atoms with van der Waals surface area (Å²) in [4.78, 5) is 0. The van der Waals surface area contributed by atoms with E-state index < -0.39 is 0 Å². The summed E-state index contributed by atoms with van der Waals surface area (Å²) in [6.07, 6.45) is 6.22. The van der Waals surface area contributed by atoms with Crippen LogP contribution in [-0.4, -0.2) is 19.8 Å². The van der Waals surface area contributed by atoms with E-state index >= 15 is 0 Å². The average Bonchev–Trinajstić information content (AvgIpc) is 2.47. The summed E-state index contributed by atoms with van der Waals surface area (Å²) in [5, 5.41) is 3.60. The first-order valence-corrected chi connectivity index (χ1v) is 8.16. The number of nitrogens with one attached hydrogen (secondary N) is 1. The van der Waals surface area contributed by atoms with Crippen LogP contribution in [0.25, 0.3) is 0 Å². The minimum absolute atomic E-state index is 0.322. The third-order valence-electron chi connectivity index (χ3n) is 3.63. The van der Waals surface area contributed by atoms with E-state index in [2.05, 4.69) is 50.4 Å². The van der Waals surface area contributed by atoms with E-state index in [0.717, 1.165) is 26.2 Å². The molecule has 0 bridgehead atoms. The topological polar surface area (TPSA) is 21.3 Å². The predicted molar refractivity (Wildman–Crippen MR) is 87.2 cm³/mol. The van der Waals surface area contributed by atoms with Crippen LogP contribution in [0.1, 0.15) is 63.1 Å². The van der Waals surface area contributed by atoms with Crippen LogP contribution < -0.4 is 5.32 Å². The van der Waals surface area contributed by atoms with Gasteiger partial charge in [-0.25, -0.2) is 0 Å². The second kappa shape index (κ2) is 10.9. The highest BCUT2D eigenvalue weighted by molar-refractivity contribution is 5.28. The van der Waals surface area contributed by atoms with E-state index in [0.29, 0.717) is 6.04 Å². The molecule has 0 amide bonds. The van der Waals surface area contributed by atoms with Crippen LogP contribution in [0.4, 0.5) is 0 Å². The molecule has 114 valence electrons. The van der Waals surface area contributed by atoms with E-state index in [1.54, 1.807) is 0 Å². The van der Waals surface area contributed by atoms with Gasteiger partial charge in [0.25, 0.3) is 0 Å². The van der Waals surface area contributed by atoms with E-state index in [1.165, 1.54) is 36.8 Å². The summed E-state index contributed by atoms with van der Waals surface area (Å²) in [7, 11) is 0. The molecule has 1 unspecified atom stereocenters. The van der Waals surface area contributed by atoms with Gasteiger partial charge in [0.2, 0.25) is 0 Å². The van der Waals surface area contributed by atoms with Crippen molar-refractivity contribution in [3.05, 3.63) is 35.4 Å². The largest absolute Gasteiger partial charge is 0.379 e. The fourth-order valence-corrected chi connectivity index (χ4v) is 2.39. The van der Waals surface area contributed by atoms with Crippen molar-refractivity contribution in [2.24, 2.45) is 0 Å². The minimum Gasteiger partial charge on any atom is -0.379 e. The Morgan fingerprint density at radius 2 is 1.85 bits per heavy atom. The Balaban J connectivity index is 2.42. The lowest BCUT2D eigenvalue weighted by Crippen LogP contribution is -2.27. The van der Waals surface area contributed by atoms with Gasteiger partial charge in [-0.3, -0.25) is 0 Å². The quantitative estimate of drug-likeness (QED) is 0.595. The zero-order valence-corrected chi connectivity index (χ0v) is 13.5. The molecule has 0 aliphatic heterocycles. The molecule has 0 aliphatic carbocycles. The number of benzene rings is 1. The Morgan fingerprint density at radius 3 is 2.55 bits per heavy atom. The van der Waals surface area contributed by atoms with Gasteiger partial charge in [-0.15, -0.1) is 0 Å². The summed E-state index contributed by atoms with van der Waals surface area (Å²) in [5.41, 5.74) is 2.71. The van der Waals surface area contributed by atoms with E-state index in [1.807, 2.05) is 0 Å². The molecular formula is C18H31NO. The number of aryl methyl sites for hydroxylation is 1. The predicted octanol–water partition coefficient (Wildman–Crippen LogP) is 4.63. The Hall–Kier alpha value is -0.860. The Bertz CT molecular complexity index is 351. The highest BCUT2D eigenvalue weighted by Crippen LogP contribution is 2.18. The first-order valence-electron chi connectivity index (χ1n) is 8.16. The summed E-state index contributed by atoms with van der Waals surface area (Å²) in [6, 6.07) is 8.92. The van der Waals surface area contributed by atoms with Crippen molar-refractivity contribution in [1.82, 2.24) is 5.32 Å². The van der Waals surface area contributed by atoms with Gasteiger partial charge in [0.15, 0.2) is 0 Å². The van der Waals surface area contributed by atoms with E-state index in [9.17, 15) is 0 Å². The molecular weight excluding hydrogens is 246 g/mol. The van der Waals surface area contributed by atoms with Crippen LogP contribution in [-0.2, 0) is 4.74 Å². The SMILES string of the molecule is CCCCCCOCC(NCCC)c1ccccc1C. The van der Waals surface area contributed by atoms with Crippen LogP contribution >= 0.6 is 0 Å². The van der Waals surface area contributed by atoms with Gasteiger partial charge >= 0.3 is 0 Å². The first kappa shape index (κ1) is 17.2. The van der Waals surface area contributed by atoms with Crippen LogP contribution in [0.5, 0.6) is 0 Å². The molecule has 0 saturated heterocycles. The van der Waals surface area contributed by atoms with E-state index in [4.69, 9.17) is 4.74 Å². The normalized spacial score (nSPS) is 12.6. The molecule has 0 aromatic heterocycles. The van der Waals surface area contributed by atoms with Crippen molar-refractivity contribution in [3.63, 3.8) is 0 Å². The molecule has 1 atom stereocenters. The number of hydrogen-bond acceptors (Lipinski definition) is 2. The summed E-state index contributed by atoms with van der Waals surface area (Å²) in [5.74, 6) is 0.